The van der Waals surface area contributed by atoms with Crippen molar-refractivity contribution in [3.05, 3.63) is 36.3 Å². The molecular formula is C14H17N5. The van der Waals surface area contributed by atoms with E-state index in [2.05, 4.69) is 26.3 Å². The average molecular weight is 255 g/mol. The Morgan fingerprint density at radius 3 is 2.32 bits per heavy atom. The van der Waals surface area contributed by atoms with Crippen molar-refractivity contribution in [2.45, 2.75) is 24.8 Å². The van der Waals surface area contributed by atoms with Gasteiger partial charge in [-0.2, -0.15) is 0 Å². The lowest BCUT2D eigenvalue weighted by atomic mass is 9.73. The minimum absolute atomic E-state index is 0.155. The van der Waals surface area contributed by atoms with E-state index >= 15 is 0 Å². The number of hydrogen-bond donors (Lipinski definition) is 2. The summed E-state index contributed by atoms with van der Waals surface area (Å²) >= 11 is 0. The molecule has 0 unspecified atom stereocenters. The maximum absolute atomic E-state index is 6.28. The van der Waals surface area contributed by atoms with Crippen LogP contribution >= 0.6 is 0 Å². The molecule has 2 heterocycles. The maximum Gasteiger partial charge on any atom is 0.222 e. The molecule has 1 aliphatic carbocycles. The molecule has 1 saturated carbocycles. The van der Waals surface area contributed by atoms with Crippen molar-refractivity contribution in [1.29, 1.82) is 0 Å². The Morgan fingerprint density at radius 1 is 1.11 bits per heavy atom. The van der Waals surface area contributed by atoms with Crippen molar-refractivity contribution in [2.75, 3.05) is 12.4 Å². The Morgan fingerprint density at radius 2 is 1.84 bits per heavy atom. The Hall–Kier alpha value is -2.01. The number of anilines is 1. The van der Waals surface area contributed by atoms with Crippen LogP contribution in [0, 0.1) is 0 Å². The van der Waals surface area contributed by atoms with Crippen LogP contribution in [0.25, 0.3) is 11.3 Å². The van der Waals surface area contributed by atoms with E-state index in [4.69, 9.17) is 5.73 Å². The van der Waals surface area contributed by atoms with E-state index in [1.807, 2.05) is 12.3 Å². The SMILES string of the molecule is CNc1ncc(-c2ccc(C3(N)CCC3)cn2)cn1. The van der Waals surface area contributed by atoms with Crippen LogP contribution in [-0.2, 0) is 5.54 Å². The van der Waals surface area contributed by atoms with Crippen molar-refractivity contribution in [1.82, 2.24) is 15.0 Å². The molecule has 0 amide bonds. The summed E-state index contributed by atoms with van der Waals surface area (Å²) in [7, 11) is 1.79. The summed E-state index contributed by atoms with van der Waals surface area (Å²) in [5, 5.41) is 2.89. The van der Waals surface area contributed by atoms with Crippen LogP contribution in [0.3, 0.4) is 0 Å². The highest BCUT2D eigenvalue weighted by Crippen LogP contribution is 2.38. The third-order valence-electron chi connectivity index (χ3n) is 3.76. The Balaban J connectivity index is 1.85. The maximum atomic E-state index is 6.28. The standard InChI is InChI=1S/C14H17N5/c1-16-13-18-7-10(8-19-13)12-4-3-11(9-17-12)14(15)5-2-6-14/h3-4,7-9H,2,5-6,15H2,1H3,(H,16,18,19). The second kappa shape index (κ2) is 4.59. The van der Waals surface area contributed by atoms with Gasteiger partial charge in [0.05, 0.1) is 5.69 Å². The van der Waals surface area contributed by atoms with Gasteiger partial charge in [-0.1, -0.05) is 6.07 Å². The summed E-state index contributed by atoms with van der Waals surface area (Å²) in [5.74, 6) is 0.607. The van der Waals surface area contributed by atoms with Gasteiger partial charge in [0.2, 0.25) is 5.95 Å². The fourth-order valence-corrected chi connectivity index (χ4v) is 2.29. The number of nitrogens with two attached hydrogens (primary N) is 1. The molecule has 2 aromatic rings. The average Bonchev–Trinajstić information content (AvgIpc) is 2.45. The van der Waals surface area contributed by atoms with Gasteiger partial charge in [-0.05, 0) is 30.9 Å². The van der Waals surface area contributed by atoms with E-state index in [1.165, 1.54) is 6.42 Å². The second-order valence-electron chi connectivity index (χ2n) is 4.99. The smallest absolute Gasteiger partial charge is 0.222 e. The Bertz CT molecular complexity index is 557. The third-order valence-corrected chi connectivity index (χ3v) is 3.76. The van der Waals surface area contributed by atoms with E-state index in [0.717, 1.165) is 29.7 Å². The van der Waals surface area contributed by atoms with Crippen LogP contribution in [-0.4, -0.2) is 22.0 Å². The number of nitrogens with one attached hydrogen (secondary N) is 1. The topological polar surface area (TPSA) is 76.7 Å². The number of aromatic nitrogens is 3. The highest BCUT2D eigenvalue weighted by atomic mass is 15.1. The van der Waals surface area contributed by atoms with E-state index < -0.39 is 0 Å². The molecular weight excluding hydrogens is 238 g/mol. The van der Waals surface area contributed by atoms with Gasteiger partial charge < -0.3 is 11.1 Å². The van der Waals surface area contributed by atoms with E-state index in [9.17, 15) is 0 Å². The summed E-state index contributed by atoms with van der Waals surface area (Å²) in [6.07, 6.45) is 8.71. The molecule has 0 bridgehead atoms. The van der Waals surface area contributed by atoms with Crippen LogP contribution < -0.4 is 11.1 Å². The van der Waals surface area contributed by atoms with Crippen LogP contribution in [0.1, 0.15) is 24.8 Å². The Kier molecular flexibility index (Phi) is 2.91. The zero-order valence-electron chi connectivity index (χ0n) is 10.9. The molecule has 3 rings (SSSR count). The molecule has 1 fully saturated rings. The predicted molar refractivity (Wildman–Crippen MR) is 74.5 cm³/mol. The van der Waals surface area contributed by atoms with Crippen molar-refractivity contribution in [3.8, 4) is 11.3 Å². The van der Waals surface area contributed by atoms with Gasteiger partial charge in [-0.15, -0.1) is 0 Å². The summed E-state index contributed by atoms with van der Waals surface area (Å²) in [6.45, 7) is 0. The Labute approximate surface area is 112 Å². The number of nitrogens with zero attached hydrogens (tertiary/aromatic N) is 3. The molecule has 0 radical (unpaired) electrons. The predicted octanol–water partition coefficient (Wildman–Crippen LogP) is 1.92. The largest absolute Gasteiger partial charge is 0.357 e. The van der Waals surface area contributed by atoms with Gasteiger partial charge >= 0.3 is 0 Å². The van der Waals surface area contributed by atoms with Gasteiger partial charge in [0.15, 0.2) is 0 Å². The van der Waals surface area contributed by atoms with Crippen LogP contribution in [0.15, 0.2) is 30.7 Å². The summed E-state index contributed by atoms with van der Waals surface area (Å²) < 4.78 is 0. The van der Waals surface area contributed by atoms with Gasteiger partial charge in [0, 0.05) is 36.7 Å². The lowest BCUT2D eigenvalue weighted by Crippen LogP contribution is -2.43. The van der Waals surface area contributed by atoms with Crippen molar-refractivity contribution in [2.24, 2.45) is 5.73 Å². The highest BCUT2D eigenvalue weighted by molar-refractivity contribution is 5.57. The zero-order chi connectivity index (χ0) is 13.3. The molecule has 5 nitrogen and oxygen atoms in total. The monoisotopic (exact) mass is 255 g/mol. The van der Waals surface area contributed by atoms with Gasteiger partial charge in [-0.3, -0.25) is 4.98 Å². The normalized spacial score (nSPS) is 16.7. The van der Waals surface area contributed by atoms with Crippen LogP contribution in [0.5, 0.6) is 0 Å². The van der Waals surface area contributed by atoms with Gasteiger partial charge in [-0.25, -0.2) is 9.97 Å². The number of pyridine rings is 1. The molecule has 5 heteroatoms. The van der Waals surface area contributed by atoms with Gasteiger partial charge in [0.1, 0.15) is 0 Å². The molecule has 2 aromatic heterocycles. The van der Waals surface area contributed by atoms with Crippen LogP contribution in [0.2, 0.25) is 0 Å². The summed E-state index contributed by atoms with van der Waals surface area (Å²) in [6, 6.07) is 4.05. The molecule has 0 aliphatic heterocycles. The van der Waals surface area contributed by atoms with E-state index in [0.29, 0.717) is 5.95 Å². The minimum atomic E-state index is -0.155. The first-order valence-electron chi connectivity index (χ1n) is 6.47. The van der Waals surface area contributed by atoms with Crippen LogP contribution in [0.4, 0.5) is 5.95 Å². The van der Waals surface area contributed by atoms with Crippen molar-refractivity contribution >= 4 is 5.95 Å². The molecule has 98 valence electrons. The molecule has 0 spiro atoms. The molecule has 0 saturated heterocycles. The molecule has 0 aromatic carbocycles. The van der Waals surface area contributed by atoms with Gasteiger partial charge in [0.25, 0.3) is 0 Å². The first-order chi connectivity index (χ1) is 9.21. The molecule has 0 atom stereocenters. The first-order valence-corrected chi connectivity index (χ1v) is 6.47. The summed E-state index contributed by atoms with van der Waals surface area (Å²) in [5.41, 5.74) is 9.02. The molecule has 3 N–H and O–H groups in total. The lowest BCUT2D eigenvalue weighted by Gasteiger charge is -2.38. The zero-order valence-corrected chi connectivity index (χ0v) is 10.9. The quantitative estimate of drug-likeness (QED) is 0.876. The van der Waals surface area contributed by atoms with Crippen molar-refractivity contribution in [3.63, 3.8) is 0 Å². The van der Waals surface area contributed by atoms with E-state index in [-0.39, 0.29) is 5.54 Å². The third kappa shape index (κ3) is 2.17. The molecule has 19 heavy (non-hydrogen) atoms. The van der Waals surface area contributed by atoms with E-state index in [1.54, 1.807) is 19.4 Å². The highest BCUT2D eigenvalue weighted by Gasteiger charge is 2.34. The van der Waals surface area contributed by atoms with Crippen molar-refractivity contribution < 1.29 is 0 Å². The summed E-state index contributed by atoms with van der Waals surface area (Å²) in [4.78, 5) is 12.8. The fraction of sp³-hybridized carbons (Fsp3) is 0.357. The molecule has 1 aliphatic rings. The first kappa shape index (κ1) is 12.0. The second-order valence-corrected chi connectivity index (χ2v) is 4.99. The lowest BCUT2D eigenvalue weighted by molar-refractivity contribution is 0.253. The number of rotatable bonds is 3. The fourth-order valence-electron chi connectivity index (χ4n) is 2.29. The minimum Gasteiger partial charge on any atom is -0.357 e. The number of hydrogen-bond acceptors (Lipinski definition) is 5.